The molecule has 3 aliphatic rings. The van der Waals surface area contributed by atoms with E-state index in [4.69, 9.17) is 0 Å². The van der Waals surface area contributed by atoms with E-state index in [0.29, 0.717) is 0 Å². The Labute approximate surface area is 157 Å². The fraction of sp³-hybridized carbons (Fsp3) is 0.364. The van der Waals surface area contributed by atoms with Crippen LogP contribution in [0.15, 0.2) is 54.6 Å². The third-order valence-corrected chi connectivity index (χ3v) is 6.34. The Morgan fingerprint density at radius 3 is 2.37 bits per heavy atom. The topological polar surface area (TPSA) is 40.6 Å². The van der Waals surface area contributed by atoms with Gasteiger partial charge in [-0.05, 0) is 42.6 Å². The molecule has 2 amide bonds. The van der Waals surface area contributed by atoms with Gasteiger partial charge in [-0.15, -0.1) is 0 Å². The second kappa shape index (κ2) is 6.27. The smallest absolute Gasteiger partial charge is 0.235 e. The van der Waals surface area contributed by atoms with Crippen molar-refractivity contribution >= 4 is 11.8 Å². The van der Waals surface area contributed by atoms with Gasteiger partial charge in [0.1, 0.15) is 5.82 Å². The Hall–Kier alpha value is -2.53. The predicted molar refractivity (Wildman–Crippen MR) is 97.8 cm³/mol. The second-order valence-electron chi connectivity index (χ2n) is 7.74. The first-order valence-corrected chi connectivity index (χ1v) is 9.55. The van der Waals surface area contributed by atoms with E-state index in [2.05, 4.69) is 17.0 Å². The normalized spacial score (nSPS) is 30.0. The highest BCUT2D eigenvalue weighted by Gasteiger charge is 2.62. The molecule has 138 valence electrons. The molecule has 0 N–H and O–H groups in total. The van der Waals surface area contributed by atoms with Crippen LogP contribution in [0.25, 0.3) is 0 Å². The summed E-state index contributed by atoms with van der Waals surface area (Å²) in [5.74, 6) is -1.04. The van der Waals surface area contributed by atoms with Crippen LogP contribution < -0.4 is 0 Å². The van der Waals surface area contributed by atoms with E-state index >= 15 is 0 Å². The van der Waals surface area contributed by atoms with Crippen molar-refractivity contribution in [1.82, 2.24) is 9.80 Å². The van der Waals surface area contributed by atoms with Crippen LogP contribution in [0.2, 0.25) is 0 Å². The second-order valence-corrected chi connectivity index (χ2v) is 7.74. The summed E-state index contributed by atoms with van der Waals surface area (Å²) >= 11 is 0. The van der Waals surface area contributed by atoms with Crippen LogP contribution >= 0.6 is 0 Å². The van der Waals surface area contributed by atoms with E-state index < -0.39 is 0 Å². The maximum absolute atomic E-state index is 13.3. The van der Waals surface area contributed by atoms with Crippen molar-refractivity contribution in [1.29, 1.82) is 0 Å². The molecule has 0 unspecified atom stereocenters. The Kier molecular flexibility index (Phi) is 3.86. The van der Waals surface area contributed by atoms with Crippen LogP contribution in [-0.2, 0) is 16.1 Å². The van der Waals surface area contributed by atoms with Crippen molar-refractivity contribution < 1.29 is 14.0 Å². The maximum Gasteiger partial charge on any atom is 0.235 e. The zero-order valence-corrected chi connectivity index (χ0v) is 14.9. The summed E-state index contributed by atoms with van der Waals surface area (Å²) in [5.41, 5.74) is 1.89. The number of carbonyl (C=O) groups excluding carboxylic acids is 2. The molecule has 2 aromatic rings. The number of carbonyl (C=O) groups is 2. The average molecular weight is 364 g/mol. The highest BCUT2D eigenvalue weighted by Crippen LogP contribution is 2.53. The summed E-state index contributed by atoms with van der Waals surface area (Å²) < 4.78 is 13.2. The first kappa shape index (κ1) is 16.6. The van der Waals surface area contributed by atoms with Crippen molar-refractivity contribution in [3.05, 3.63) is 71.5 Å². The molecule has 0 aliphatic carbocycles. The van der Waals surface area contributed by atoms with E-state index in [-0.39, 0.29) is 48.1 Å². The Morgan fingerprint density at radius 1 is 0.926 bits per heavy atom. The van der Waals surface area contributed by atoms with Gasteiger partial charge in [-0.2, -0.15) is 0 Å². The van der Waals surface area contributed by atoms with Crippen molar-refractivity contribution in [2.75, 3.05) is 6.54 Å². The van der Waals surface area contributed by atoms with Gasteiger partial charge in [0, 0.05) is 12.1 Å². The number of benzene rings is 2. The number of nitrogens with zero attached hydrogens (tertiary/aromatic N) is 2. The Balaban J connectivity index is 1.49. The van der Waals surface area contributed by atoms with Gasteiger partial charge in [0.25, 0.3) is 0 Å². The summed E-state index contributed by atoms with van der Waals surface area (Å²) in [4.78, 5) is 30.2. The lowest BCUT2D eigenvalue weighted by atomic mass is 9.85. The van der Waals surface area contributed by atoms with Crippen LogP contribution in [0.5, 0.6) is 0 Å². The number of halogens is 1. The molecule has 3 aliphatic heterocycles. The lowest BCUT2D eigenvalue weighted by Gasteiger charge is -2.28. The van der Waals surface area contributed by atoms with Crippen LogP contribution in [0.3, 0.4) is 0 Å². The molecular formula is C22H21FN2O2. The van der Waals surface area contributed by atoms with Crippen molar-refractivity contribution in [3.63, 3.8) is 0 Å². The molecule has 5 rings (SSSR count). The minimum atomic E-state index is -0.319. The molecule has 3 saturated heterocycles. The van der Waals surface area contributed by atoms with E-state index in [1.54, 1.807) is 12.1 Å². The fourth-order valence-electron chi connectivity index (χ4n) is 5.24. The summed E-state index contributed by atoms with van der Waals surface area (Å²) in [6.45, 7) is 1.16. The number of imide groups is 1. The lowest BCUT2D eigenvalue weighted by Crippen LogP contribution is -2.38. The maximum atomic E-state index is 13.3. The van der Waals surface area contributed by atoms with E-state index in [9.17, 15) is 14.0 Å². The average Bonchev–Trinajstić information content (AvgIpc) is 3.32. The Bertz CT molecular complexity index is 883. The number of amides is 2. The van der Waals surface area contributed by atoms with Gasteiger partial charge < -0.3 is 0 Å². The molecule has 0 bridgehead atoms. The van der Waals surface area contributed by atoms with Gasteiger partial charge >= 0.3 is 0 Å². The minimum absolute atomic E-state index is 0.0293. The SMILES string of the molecule is O=C1[C@@H]2[C@H](C(=O)N1Cc1ccc(F)cc1)[C@@H](c1ccccc1)N1CCC[C@H]21. The first-order valence-electron chi connectivity index (χ1n) is 9.55. The highest BCUT2D eigenvalue weighted by atomic mass is 19.1. The summed E-state index contributed by atoms with van der Waals surface area (Å²) in [7, 11) is 0. The minimum Gasteiger partial charge on any atom is -0.292 e. The molecule has 4 atom stereocenters. The molecule has 27 heavy (non-hydrogen) atoms. The number of likely N-dealkylation sites (tertiary alicyclic amines) is 1. The molecule has 3 heterocycles. The molecule has 4 nitrogen and oxygen atoms in total. The monoisotopic (exact) mass is 364 g/mol. The third kappa shape index (κ3) is 2.52. The fourth-order valence-corrected chi connectivity index (χ4v) is 5.24. The zero-order valence-electron chi connectivity index (χ0n) is 14.9. The van der Waals surface area contributed by atoms with Gasteiger partial charge in [-0.3, -0.25) is 19.4 Å². The van der Waals surface area contributed by atoms with E-state index in [0.717, 1.165) is 30.5 Å². The van der Waals surface area contributed by atoms with Crippen molar-refractivity contribution in [2.24, 2.45) is 11.8 Å². The third-order valence-electron chi connectivity index (χ3n) is 6.34. The van der Waals surface area contributed by atoms with Crippen LogP contribution in [0.1, 0.15) is 30.0 Å². The van der Waals surface area contributed by atoms with Gasteiger partial charge in [0.15, 0.2) is 0 Å². The molecule has 3 fully saturated rings. The largest absolute Gasteiger partial charge is 0.292 e. The van der Waals surface area contributed by atoms with Crippen molar-refractivity contribution in [2.45, 2.75) is 31.5 Å². The number of rotatable bonds is 3. The van der Waals surface area contributed by atoms with Gasteiger partial charge in [-0.25, -0.2) is 4.39 Å². The molecule has 0 aromatic heterocycles. The number of hydrogen-bond acceptors (Lipinski definition) is 3. The van der Waals surface area contributed by atoms with Crippen LogP contribution in [0, 0.1) is 17.7 Å². The molecule has 0 saturated carbocycles. The molecular weight excluding hydrogens is 343 g/mol. The van der Waals surface area contributed by atoms with Gasteiger partial charge in [0.2, 0.25) is 11.8 Å². The summed E-state index contributed by atoms with van der Waals surface area (Å²) in [6, 6.07) is 16.2. The molecule has 0 radical (unpaired) electrons. The van der Waals surface area contributed by atoms with Crippen molar-refractivity contribution in [3.8, 4) is 0 Å². The quantitative estimate of drug-likeness (QED) is 0.786. The van der Waals surface area contributed by atoms with Gasteiger partial charge in [-0.1, -0.05) is 42.5 Å². The zero-order chi connectivity index (χ0) is 18.5. The summed E-state index contributed by atoms with van der Waals surface area (Å²) in [5, 5.41) is 0. The summed E-state index contributed by atoms with van der Waals surface area (Å²) in [6.07, 6.45) is 2.03. The standard InChI is InChI=1S/C22H21FN2O2/c23-16-10-8-14(9-11-16)13-25-21(26)18-17-7-4-12-24(17)20(19(18)22(25)27)15-5-2-1-3-6-15/h1-3,5-6,8-11,17-20H,4,7,12-13H2/t17-,18+,19+,20-/m1/s1. The highest BCUT2D eigenvalue weighted by molar-refractivity contribution is 6.06. The van der Waals surface area contributed by atoms with Crippen LogP contribution in [-0.4, -0.2) is 34.2 Å². The molecule has 5 heteroatoms. The molecule has 2 aromatic carbocycles. The predicted octanol–water partition coefficient (Wildman–Crippen LogP) is 3.15. The van der Waals surface area contributed by atoms with E-state index in [1.165, 1.54) is 17.0 Å². The van der Waals surface area contributed by atoms with E-state index in [1.807, 2.05) is 18.2 Å². The first-order chi connectivity index (χ1) is 13.1. The number of hydrogen-bond donors (Lipinski definition) is 0. The molecule has 0 spiro atoms. The lowest BCUT2D eigenvalue weighted by molar-refractivity contribution is -0.142. The number of fused-ring (bicyclic) bond motifs is 3. The van der Waals surface area contributed by atoms with Crippen LogP contribution in [0.4, 0.5) is 4.39 Å². The Morgan fingerprint density at radius 2 is 1.63 bits per heavy atom. The van der Waals surface area contributed by atoms with Gasteiger partial charge in [0.05, 0.1) is 18.4 Å².